The highest BCUT2D eigenvalue weighted by Crippen LogP contribution is 2.37. The molecule has 33 heavy (non-hydrogen) atoms. The van der Waals surface area contributed by atoms with E-state index >= 15 is 0 Å². The van der Waals surface area contributed by atoms with Crippen LogP contribution < -0.4 is 9.47 Å². The molecule has 0 bridgehead atoms. The summed E-state index contributed by atoms with van der Waals surface area (Å²) in [5.74, 6) is 1.82. The van der Waals surface area contributed by atoms with Crippen LogP contribution in [0.15, 0.2) is 52.4 Å². The van der Waals surface area contributed by atoms with Crippen molar-refractivity contribution in [1.29, 1.82) is 0 Å². The Morgan fingerprint density at radius 1 is 1.03 bits per heavy atom. The molecule has 176 valence electrons. The second-order valence-corrected chi connectivity index (χ2v) is 9.63. The van der Waals surface area contributed by atoms with Gasteiger partial charge in [-0.1, -0.05) is 44.5 Å². The Morgan fingerprint density at radius 3 is 2.39 bits per heavy atom. The molecule has 0 N–H and O–H groups in total. The molecule has 0 saturated carbocycles. The van der Waals surface area contributed by atoms with E-state index in [1.54, 1.807) is 4.90 Å². The summed E-state index contributed by atoms with van der Waals surface area (Å²) < 4.78 is 11.7. The fourth-order valence-electron chi connectivity index (χ4n) is 3.28. The average molecular weight is 467 g/mol. The van der Waals surface area contributed by atoms with Crippen LogP contribution in [0.1, 0.15) is 52.2 Å². The highest BCUT2D eigenvalue weighted by molar-refractivity contribution is 8.18. The summed E-state index contributed by atoms with van der Waals surface area (Å²) in [5.41, 5.74) is 2.92. The molecule has 1 aliphatic heterocycles. The Kier molecular flexibility index (Phi) is 8.61. The van der Waals surface area contributed by atoms with Crippen LogP contribution in [-0.2, 0) is 4.79 Å². The van der Waals surface area contributed by atoms with Gasteiger partial charge < -0.3 is 9.47 Å². The number of hydrogen-bond acceptors (Lipinski definition) is 5. The minimum absolute atomic E-state index is 0.0155. The summed E-state index contributed by atoms with van der Waals surface area (Å²) in [6.45, 7) is 13.5. The molecule has 0 spiro atoms. The molecule has 3 rings (SSSR count). The van der Waals surface area contributed by atoms with Crippen LogP contribution in [0.2, 0.25) is 0 Å². The Morgan fingerprint density at radius 2 is 1.76 bits per heavy atom. The first kappa shape index (κ1) is 24.9. The van der Waals surface area contributed by atoms with Crippen LogP contribution in [-0.4, -0.2) is 35.2 Å². The van der Waals surface area contributed by atoms with Gasteiger partial charge in [-0.15, -0.1) is 0 Å². The van der Waals surface area contributed by atoms with Gasteiger partial charge in [-0.2, -0.15) is 0 Å². The van der Waals surface area contributed by atoms with Crippen molar-refractivity contribution in [1.82, 2.24) is 4.90 Å². The lowest BCUT2D eigenvalue weighted by atomic mass is 10.1. The first-order valence-electron chi connectivity index (χ1n) is 11.6. The molecule has 2 aromatic rings. The highest BCUT2D eigenvalue weighted by atomic mass is 32.2. The number of hydrogen-bond donors (Lipinski definition) is 0. The molecule has 1 fully saturated rings. The predicted octanol–water partition coefficient (Wildman–Crippen LogP) is 6.83. The van der Waals surface area contributed by atoms with Crippen molar-refractivity contribution in [2.24, 2.45) is 10.9 Å². The van der Waals surface area contributed by atoms with E-state index in [4.69, 9.17) is 14.5 Å². The van der Waals surface area contributed by atoms with E-state index < -0.39 is 0 Å². The van der Waals surface area contributed by atoms with Crippen molar-refractivity contribution in [3.8, 4) is 11.5 Å². The number of amidine groups is 1. The van der Waals surface area contributed by atoms with E-state index in [2.05, 4.69) is 27.7 Å². The van der Waals surface area contributed by atoms with Crippen LogP contribution in [0, 0.1) is 12.8 Å². The number of benzene rings is 2. The van der Waals surface area contributed by atoms with Gasteiger partial charge in [0.25, 0.3) is 5.91 Å². The lowest BCUT2D eigenvalue weighted by molar-refractivity contribution is -0.123. The number of amides is 1. The fourth-order valence-corrected chi connectivity index (χ4v) is 4.37. The maximum atomic E-state index is 13.3. The minimum Gasteiger partial charge on any atom is -0.490 e. The molecule has 1 atom stereocenters. The van der Waals surface area contributed by atoms with Crippen molar-refractivity contribution in [3.05, 3.63) is 58.5 Å². The zero-order valence-electron chi connectivity index (χ0n) is 20.4. The number of carbonyl (C=O) groups is 1. The number of aliphatic imine (C=N–C) groups is 1. The Labute approximate surface area is 201 Å². The molecule has 6 heteroatoms. The van der Waals surface area contributed by atoms with Gasteiger partial charge in [-0.25, -0.2) is 4.99 Å². The first-order chi connectivity index (χ1) is 15.8. The predicted molar refractivity (Wildman–Crippen MR) is 138 cm³/mol. The molecule has 0 unspecified atom stereocenters. The fraction of sp³-hybridized carbons (Fsp3) is 0.407. The monoisotopic (exact) mass is 466 g/mol. The van der Waals surface area contributed by atoms with Gasteiger partial charge in [0.05, 0.1) is 23.8 Å². The van der Waals surface area contributed by atoms with Gasteiger partial charge in [-0.05, 0) is 80.8 Å². The van der Waals surface area contributed by atoms with E-state index in [0.29, 0.717) is 35.0 Å². The molecule has 2 aromatic carbocycles. The topological polar surface area (TPSA) is 51.1 Å². The molecule has 1 saturated heterocycles. The lowest BCUT2D eigenvalue weighted by Gasteiger charge is -2.22. The summed E-state index contributed by atoms with van der Waals surface area (Å²) in [5, 5.41) is 0.714. The number of carbonyl (C=O) groups excluding carboxylic acids is 1. The van der Waals surface area contributed by atoms with Crippen LogP contribution in [0.3, 0.4) is 0 Å². The third-order valence-corrected chi connectivity index (χ3v) is 6.25. The number of aryl methyl sites for hydroxylation is 1. The summed E-state index contributed by atoms with van der Waals surface area (Å²) in [6, 6.07) is 13.9. The minimum atomic E-state index is -0.0155. The van der Waals surface area contributed by atoms with Gasteiger partial charge in [-0.3, -0.25) is 9.69 Å². The van der Waals surface area contributed by atoms with E-state index in [9.17, 15) is 4.79 Å². The van der Waals surface area contributed by atoms with Crippen LogP contribution in [0.4, 0.5) is 5.69 Å². The number of thioether (sulfide) groups is 1. The van der Waals surface area contributed by atoms with E-state index in [-0.39, 0.29) is 11.9 Å². The summed E-state index contributed by atoms with van der Waals surface area (Å²) in [6.07, 6.45) is 2.76. The summed E-state index contributed by atoms with van der Waals surface area (Å²) in [4.78, 5) is 20.6. The van der Waals surface area contributed by atoms with Crippen molar-refractivity contribution < 1.29 is 14.3 Å². The van der Waals surface area contributed by atoms with E-state index in [1.807, 2.05) is 62.4 Å². The quantitative estimate of drug-likeness (QED) is 0.380. The van der Waals surface area contributed by atoms with Crippen molar-refractivity contribution in [2.45, 2.75) is 54.0 Å². The average Bonchev–Trinajstić information content (AvgIpc) is 3.09. The molecule has 1 aliphatic rings. The SMILES string of the molecule is CCOc1cc(/C=C2/SC(=Nc3ccc(C)cc3)N([C@H](C)CC)C2=O)ccc1OCC(C)C. The third kappa shape index (κ3) is 6.41. The van der Waals surface area contributed by atoms with Crippen molar-refractivity contribution in [2.75, 3.05) is 13.2 Å². The molecule has 1 heterocycles. The highest BCUT2D eigenvalue weighted by Gasteiger charge is 2.36. The maximum Gasteiger partial charge on any atom is 0.266 e. The summed E-state index contributed by atoms with van der Waals surface area (Å²) >= 11 is 1.42. The number of nitrogens with zero attached hydrogens (tertiary/aromatic N) is 2. The molecule has 0 aromatic heterocycles. The zero-order valence-corrected chi connectivity index (χ0v) is 21.2. The Bertz CT molecular complexity index is 1030. The molecule has 5 nitrogen and oxygen atoms in total. The smallest absolute Gasteiger partial charge is 0.266 e. The molecule has 1 amide bonds. The van der Waals surface area contributed by atoms with Gasteiger partial charge in [0.15, 0.2) is 16.7 Å². The Balaban J connectivity index is 1.93. The number of ether oxygens (including phenoxy) is 2. The van der Waals surface area contributed by atoms with Crippen LogP contribution in [0.25, 0.3) is 6.08 Å². The maximum absolute atomic E-state index is 13.3. The summed E-state index contributed by atoms with van der Waals surface area (Å²) in [7, 11) is 0. The first-order valence-corrected chi connectivity index (χ1v) is 12.4. The molecule has 0 aliphatic carbocycles. The van der Waals surface area contributed by atoms with Gasteiger partial charge in [0.2, 0.25) is 0 Å². The second kappa shape index (κ2) is 11.4. The van der Waals surface area contributed by atoms with E-state index in [1.165, 1.54) is 17.3 Å². The van der Waals surface area contributed by atoms with E-state index in [0.717, 1.165) is 23.4 Å². The molecular weight excluding hydrogens is 432 g/mol. The zero-order chi connectivity index (χ0) is 24.0. The number of rotatable bonds is 9. The standard InChI is InChI=1S/C27H34N2O3S/c1-7-20(6)29-26(30)25(33-27(29)28-22-12-9-19(5)10-13-22)16-21-11-14-23(32-17-18(3)4)24(15-21)31-8-2/h9-16,18,20H,7-8,17H2,1-6H3/b25-16+,28-27?/t20-/m1/s1. The molecule has 0 radical (unpaired) electrons. The normalized spacial score (nSPS) is 17.3. The molecular formula is C27H34N2O3S. The van der Waals surface area contributed by atoms with Crippen molar-refractivity contribution >= 4 is 34.6 Å². The lowest BCUT2D eigenvalue weighted by Crippen LogP contribution is -2.36. The Hall–Kier alpha value is -2.73. The van der Waals surface area contributed by atoms with Crippen molar-refractivity contribution in [3.63, 3.8) is 0 Å². The van der Waals surface area contributed by atoms with Gasteiger partial charge in [0.1, 0.15) is 0 Å². The third-order valence-electron chi connectivity index (χ3n) is 5.26. The van der Waals surface area contributed by atoms with Crippen LogP contribution in [0.5, 0.6) is 11.5 Å². The van der Waals surface area contributed by atoms with Gasteiger partial charge in [0, 0.05) is 6.04 Å². The largest absolute Gasteiger partial charge is 0.490 e. The van der Waals surface area contributed by atoms with Gasteiger partial charge >= 0.3 is 0 Å². The second-order valence-electron chi connectivity index (χ2n) is 8.62. The van der Waals surface area contributed by atoms with Crippen LogP contribution >= 0.6 is 11.8 Å².